The van der Waals surface area contributed by atoms with Crippen LogP contribution in [-0.4, -0.2) is 57.3 Å². The van der Waals surface area contributed by atoms with Gasteiger partial charge in [0.1, 0.15) is 0 Å². The van der Waals surface area contributed by atoms with Crippen LogP contribution < -0.4 is 10.1 Å². The lowest BCUT2D eigenvalue weighted by Crippen LogP contribution is -2.15. The fourth-order valence-electron chi connectivity index (χ4n) is 0.931. The Bertz CT molecular complexity index is 353. The van der Waals surface area contributed by atoms with Gasteiger partial charge in [-0.2, -0.15) is 15.0 Å². The Kier molecular flexibility index (Phi) is 5.95. The normalized spacial score (nSPS) is 12.2. The standard InChI is InChI=1S/C9H16N4O3S/c1-3-16-8-11-7(10-2)12-9(13-8)17-5-6(15)4-14/h6,14-15H,3-5H2,1-2H3,(H,10,11,12,13). The molecule has 96 valence electrons. The highest BCUT2D eigenvalue weighted by Gasteiger charge is 2.09. The predicted molar refractivity (Wildman–Crippen MR) is 64.4 cm³/mol. The summed E-state index contributed by atoms with van der Waals surface area (Å²) >= 11 is 1.23. The van der Waals surface area contributed by atoms with E-state index in [1.807, 2.05) is 6.92 Å². The Balaban J connectivity index is 2.72. The van der Waals surface area contributed by atoms with Crippen molar-refractivity contribution in [1.29, 1.82) is 0 Å². The van der Waals surface area contributed by atoms with Gasteiger partial charge < -0.3 is 20.3 Å². The van der Waals surface area contributed by atoms with Crippen molar-refractivity contribution in [3.63, 3.8) is 0 Å². The van der Waals surface area contributed by atoms with E-state index in [0.29, 0.717) is 23.5 Å². The van der Waals surface area contributed by atoms with Crippen molar-refractivity contribution >= 4 is 17.7 Å². The number of hydrogen-bond acceptors (Lipinski definition) is 8. The monoisotopic (exact) mass is 260 g/mol. The van der Waals surface area contributed by atoms with Gasteiger partial charge in [0.05, 0.1) is 19.3 Å². The van der Waals surface area contributed by atoms with Crippen molar-refractivity contribution in [2.45, 2.75) is 18.2 Å². The summed E-state index contributed by atoms with van der Waals surface area (Å²) in [5.41, 5.74) is 0. The SMILES string of the molecule is CCOc1nc(NC)nc(SCC(O)CO)n1. The summed E-state index contributed by atoms with van der Waals surface area (Å²) < 4.78 is 5.19. The zero-order valence-electron chi connectivity index (χ0n) is 9.75. The Hall–Kier alpha value is -1.12. The third kappa shape index (κ3) is 4.72. The molecular formula is C9H16N4O3S. The van der Waals surface area contributed by atoms with Crippen LogP contribution in [-0.2, 0) is 0 Å². The van der Waals surface area contributed by atoms with Gasteiger partial charge in [0.25, 0.3) is 0 Å². The number of anilines is 1. The first-order valence-corrected chi connectivity index (χ1v) is 6.16. The molecule has 1 rings (SSSR count). The molecule has 3 N–H and O–H groups in total. The van der Waals surface area contributed by atoms with Crippen molar-refractivity contribution < 1.29 is 14.9 Å². The van der Waals surface area contributed by atoms with Gasteiger partial charge in [0.2, 0.25) is 5.95 Å². The first-order chi connectivity index (χ1) is 8.19. The molecule has 1 aromatic heterocycles. The third-order valence-electron chi connectivity index (χ3n) is 1.71. The zero-order valence-corrected chi connectivity index (χ0v) is 10.6. The Morgan fingerprint density at radius 2 is 2.18 bits per heavy atom. The maximum Gasteiger partial charge on any atom is 0.322 e. The van der Waals surface area contributed by atoms with Crippen molar-refractivity contribution in [3.8, 4) is 6.01 Å². The largest absolute Gasteiger partial charge is 0.464 e. The van der Waals surface area contributed by atoms with Crippen LogP contribution in [0.4, 0.5) is 5.95 Å². The van der Waals surface area contributed by atoms with Gasteiger partial charge in [-0.3, -0.25) is 0 Å². The highest BCUT2D eigenvalue weighted by molar-refractivity contribution is 7.99. The van der Waals surface area contributed by atoms with E-state index < -0.39 is 6.10 Å². The second kappa shape index (κ2) is 7.25. The summed E-state index contributed by atoms with van der Waals surface area (Å²) in [5.74, 6) is 0.722. The molecule has 1 heterocycles. The average Bonchev–Trinajstić information content (AvgIpc) is 2.36. The quantitative estimate of drug-likeness (QED) is 0.577. The molecule has 1 atom stereocenters. The molecule has 0 aliphatic rings. The molecule has 0 bridgehead atoms. The Morgan fingerprint density at radius 3 is 2.76 bits per heavy atom. The summed E-state index contributed by atoms with van der Waals surface area (Å²) in [7, 11) is 1.70. The van der Waals surface area contributed by atoms with Gasteiger partial charge in [0, 0.05) is 12.8 Å². The Morgan fingerprint density at radius 1 is 1.41 bits per heavy atom. The van der Waals surface area contributed by atoms with Gasteiger partial charge in [-0.15, -0.1) is 0 Å². The summed E-state index contributed by atoms with van der Waals surface area (Å²) in [6.07, 6.45) is -0.787. The number of thioether (sulfide) groups is 1. The van der Waals surface area contributed by atoms with Crippen LogP contribution in [0.5, 0.6) is 6.01 Å². The molecule has 0 amide bonds. The van der Waals surface area contributed by atoms with Crippen LogP contribution in [0.3, 0.4) is 0 Å². The van der Waals surface area contributed by atoms with E-state index in [1.165, 1.54) is 11.8 Å². The minimum Gasteiger partial charge on any atom is -0.464 e. The smallest absolute Gasteiger partial charge is 0.322 e. The lowest BCUT2D eigenvalue weighted by atomic mass is 10.4. The molecule has 8 heteroatoms. The highest BCUT2D eigenvalue weighted by atomic mass is 32.2. The number of aliphatic hydroxyl groups is 2. The molecule has 0 aromatic carbocycles. The molecule has 7 nitrogen and oxygen atoms in total. The number of aliphatic hydroxyl groups excluding tert-OH is 2. The van der Waals surface area contributed by atoms with Crippen LogP contribution in [0, 0.1) is 0 Å². The molecule has 0 aliphatic carbocycles. The van der Waals surface area contributed by atoms with E-state index in [-0.39, 0.29) is 12.6 Å². The lowest BCUT2D eigenvalue weighted by molar-refractivity contribution is 0.113. The van der Waals surface area contributed by atoms with Gasteiger partial charge >= 0.3 is 6.01 Å². The molecule has 1 unspecified atom stereocenters. The molecule has 0 fully saturated rings. The molecule has 0 spiro atoms. The van der Waals surface area contributed by atoms with E-state index in [1.54, 1.807) is 7.05 Å². The molecule has 0 saturated carbocycles. The summed E-state index contributed by atoms with van der Waals surface area (Å²) in [6, 6.07) is 0.243. The van der Waals surface area contributed by atoms with Crippen LogP contribution in [0.25, 0.3) is 0 Å². The average molecular weight is 260 g/mol. The molecule has 17 heavy (non-hydrogen) atoms. The second-order valence-corrected chi connectivity index (χ2v) is 4.04. The van der Waals surface area contributed by atoms with Crippen molar-refractivity contribution in [2.24, 2.45) is 0 Å². The Labute approximate surface area is 104 Å². The first-order valence-electron chi connectivity index (χ1n) is 5.18. The molecular weight excluding hydrogens is 244 g/mol. The summed E-state index contributed by atoms with van der Waals surface area (Å²) in [6.45, 7) is 2.02. The number of aromatic nitrogens is 3. The van der Waals surface area contributed by atoms with Gasteiger partial charge in [-0.1, -0.05) is 11.8 Å². The highest BCUT2D eigenvalue weighted by Crippen LogP contribution is 2.18. The lowest BCUT2D eigenvalue weighted by Gasteiger charge is -2.08. The third-order valence-corrected chi connectivity index (χ3v) is 2.70. The van der Waals surface area contributed by atoms with Gasteiger partial charge in [-0.05, 0) is 6.92 Å². The maximum atomic E-state index is 9.23. The fourth-order valence-corrected chi connectivity index (χ4v) is 1.67. The topological polar surface area (TPSA) is 100 Å². The van der Waals surface area contributed by atoms with E-state index in [0.717, 1.165) is 0 Å². The van der Waals surface area contributed by atoms with Crippen molar-refractivity contribution in [1.82, 2.24) is 15.0 Å². The minimum atomic E-state index is -0.787. The van der Waals surface area contributed by atoms with Gasteiger partial charge in [0.15, 0.2) is 5.16 Å². The van der Waals surface area contributed by atoms with Crippen LogP contribution in [0.15, 0.2) is 5.16 Å². The maximum absolute atomic E-state index is 9.23. The number of rotatable bonds is 7. The van der Waals surface area contributed by atoms with Gasteiger partial charge in [-0.25, -0.2) is 0 Å². The van der Waals surface area contributed by atoms with E-state index in [2.05, 4.69) is 20.3 Å². The van der Waals surface area contributed by atoms with E-state index in [4.69, 9.17) is 9.84 Å². The van der Waals surface area contributed by atoms with E-state index >= 15 is 0 Å². The predicted octanol–water partition coefficient (Wildman–Crippen LogP) is -0.243. The zero-order chi connectivity index (χ0) is 12.7. The molecule has 0 saturated heterocycles. The summed E-state index contributed by atoms with van der Waals surface area (Å²) in [4.78, 5) is 12.2. The van der Waals surface area contributed by atoms with Crippen molar-refractivity contribution in [3.05, 3.63) is 0 Å². The fraction of sp³-hybridized carbons (Fsp3) is 0.667. The number of nitrogens with zero attached hydrogens (tertiary/aromatic N) is 3. The van der Waals surface area contributed by atoms with E-state index in [9.17, 15) is 5.11 Å². The van der Waals surface area contributed by atoms with Crippen molar-refractivity contribution in [2.75, 3.05) is 31.3 Å². The molecule has 0 radical (unpaired) electrons. The minimum absolute atomic E-state index is 0.243. The summed E-state index contributed by atoms with van der Waals surface area (Å²) in [5, 5.41) is 21.2. The van der Waals surface area contributed by atoms with Crippen LogP contribution in [0.1, 0.15) is 6.92 Å². The number of ether oxygens (including phenoxy) is 1. The molecule has 0 aliphatic heterocycles. The number of nitrogens with one attached hydrogen (secondary N) is 1. The first kappa shape index (κ1) is 13.9. The molecule has 1 aromatic rings. The van der Waals surface area contributed by atoms with Crippen LogP contribution >= 0.6 is 11.8 Å². The van der Waals surface area contributed by atoms with Crippen LogP contribution in [0.2, 0.25) is 0 Å². The second-order valence-electron chi connectivity index (χ2n) is 3.05. The number of hydrogen-bond donors (Lipinski definition) is 3.